The van der Waals surface area contributed by atoms with Crippen molar-refractivity contribution in [2.75, 3.05) is 14.2 Å². The molecule has 0 spiro atoms. The maximum atomic E-state index is 11.4. The average Bonchev–Trinajstić information content (AvgIpc) is 2.65. The summed E-state index contributed by atoms with van der Waals surface area (Å²) in [5.41, 5.74) is 1.73. The summed E-state index contributed by atoms with van der Waals surface area (Å²) in [4.78, 5) is 11.4. The first-order chi connectivity index (χ1) is 7.67. The van der Waals surface area contributed by atoms with Crippen molar-refractivity contribution in [3.8, 4) is 5.75 Å². The lowest BCUT2D eigenvalue weighted by atomic mass is 10.0. The molecule has 1 N–H and O–H groups in total. The molecule has 0 aliphatic heterocycles. The lowest BCUT2D eigenvalue weighted by Crippen LogP contribution is -2.20. The molecule has 4 nitrogen and oxygen atoms in total. The van der Waals surface area contributed by atoms with E-state index >= 15 is 0 Å². The monoisotopic (exact) mass is 222 g/mol. The second kappa shape index (κ2) is 4.14. The highest BCUT2D eigenvalue weighted by atomic mass is 16.5. The molecule has 0 amide bonds. The van der Waals surface area contributed by atoms with Gasteiger partial charge in [0.1, 0.15) is 5.75 Å². The van der Waals surface area contributed by atoms with Gasteiger partial charge in [0.25, 0.3) is 0 Å². The Bertz CT molecular complexity index is 413. The van der Waals surface area contributed by atoms with Crippen molar-refractivity contribution in [3.05, 3.63) is 29.3 Å². The number of methoxy groups -OCH3 is 2. The van der Waals surface area contributed by atoms with Crippen molar-refractivity contribution in [1.29, 1.82) is 0 Å². The number of aliphatic hydroxyl groups excluding tert-OH is 1. The Morgan fingerprint density at radius 3 is 2.81 bits per heavy atom. The maximum absolute atomic E-state index is 11.4. The van der Waals surface area contributed by atoms with Crippen molar-refractivity contribution >= 4 is 5.97 Å². The molecular weight excluding hydrogens is 208 g/mol. The largest absolute Gasteiger partial charge is 0.497 e. The molecule has 0 aromatic heterocycles. The second-order valence-electron chi connectivity index (χ2n) is 3.84. The highest BCUT2D eigenvalue weighted by Crippen LogP contribution is 2.38. The van der Waals surface area contributed by atoms with E-state index in [-0.39, 0.29) is 5.97 Å². The van der Waals surface area contributed by atoms with Crippen LogP contribution in [0.3, 0.4) is 0 Å². The molecule has 0 fully saturated rings. The predicted octanol–water partition coefficient (Wildman–Crippen LogP) is 1.07. The molecule has 0 saturated heterocycles. The zero-order chi connectivity index (χ0) is 11.7. The Balaban J connectivity index is 2.31. The smallest absolute Gasteiger partial charge is 0.311 e. The van der Waals surface area contributed by atoms with Gasteiger partial charge in [0.15, 0.2) is 0 Å². The Kier molecular flexibility index (Phi) is 2.83. The van der Waals surface area contributed by atoms with Gasteiger partial charge in [-0.1, -0.05) is 6.07 Å². The average molecular weight is 222 g/mol. The first-order valence-electron chi connectivity index (χ1n) is 5.10. The summed E-state index contributed by atoms with van der Waals surface area (Å²) in [6, 6.07) is 5.47. The topological polar surface area (TPSA) is 55.8 Å². The van der Waals surface area contributed by atoms with Crippen LogP contribution < -0.4 is 4.74 Å². The third-order valence-electron chi connectivity index (χ3n) is 3.00. The third-order valence-corrected chi connectivity index (χ3v) is 3.00. The molecule has 1 aromatic rings. The van der Waals surface area contributed by atoms with Crippen LogP contribution >= 0.6 is 0 Å². The zero-order valence-corrected chi connectivity index (χ0v) is 9.27. The first-order valence-corrected chi connectivity index (χ1v) is 5.10. The normalized spacial score (nSPS) is 22.7. The van der Waals surface area contributed by atoms with E-state index in [0.717, 1.165) is 11.1 Å². The van der Waals surface area contributed by atoms with Crippen LogP contribution in [-0.4, -0.2) is 25.3 Å². The summed E-state index contributed by atoms with van der Waals surface area (Å²) in [5, 5.41) is 10.0. The fraction of sp³-hybridized carbons (Fsp3) is 0.417. The van der Waals surface area contributed by atoms with Gasteiger partial charge in [-0.25, -0.2) is 0 Å². The van der Waals surface area contributed by atoms with Gasteiger partial charge >= 0.3 is 5.97 Å². The number of esters is 1. The van der Waals surface area contributed by atoms with Crippen molar-refractivity contribution in [2.45, 2.75) is 12.5 Å². The van der Waals surface area contributed by atoms with E-state index in [1.807, 2.05) is 12.1 Å². The summed E-state index contributed by atoms with van der Waals surface area (Å²) < 4.78 is 9.74. The van der Waals surface area contributed by atoms with Crippen LogP contribution in [0.1, 0.15) is 17.2 Å². The molecule has 0 saturated carbocycles. The standard InChI is InChI=1S/C12H14O4/c1-15-8-4-3-7-5-10(12(14)16-2)11(13)9(7)6-8/h3-4,6,10-11,13H,5H2,1-2H3. The number of hydrogen-bond donors (Lipinski definition) is 1. The van der Waals surface area contributed by atoms with Gasteiger partial charge in [0.2, 0.25) is 0 Å². The number of hydrogen-bond acceptors (Lipinski definition) is 4. The maximum Gasteiger partial charge on any atom is 0.311 e. The Morgan fingerprint density at radius 2 is 2.19 bits per heavy atom. The van der Waals surface area contributed by atoms with Crippen LogP contribution in [0.25, 0.3) is 0 Å². The minimum absolute atomic E-state index is 0.373. The first kappa shape index (κ1) is 11.0. The van der Waals surface area contributed by atoms with Gasteiger partial charge in [-0.15, -0.1) is 0 Å². The molecule has 0 radical (unpaired) electrons. The van der Waals surface area contributed by atoms with Crippen molar-refractivity contribution in [2.24, 2.45) is 5.92 Å². The fourth-order valence-corrected chi connectivity index (χ4v) is 2.09. The number of ether oxygens (including phenoxy) is 2. The van der Waals surface area contributed by atoms with Crippen LogP contribution in [-0.2, 0) is 16.0 Å². The predicted molar refractivity (Wildman–Crippen MR) is 57.2 cm³/mol. The lowest BCUT2D eigenvalue weighted by Gasteiger charge is -2.12. The highest BCUT2D eigenvalue weighted by Gasteiger charge is 2.36. The molecular formula is C12H14O4. The van der Waals surface area contributed by atoms with Crippen molar-refractivity contribution < 1.29 is 19.4 Å². The van der Waals surface area contributed by atoms with E-state index in [2.05, 4.69) is 4.74 Å². The summed E-state index contributed by atoms with van der Waals surface area (Å²) in [5.74, 6) is -0.182. The van der Waals surface area contributed by atoms with Crippen LogP contribution in [0.2, 0.25) is 0 Å². The van der Waals surface area contributed by atoms with Crippen LogP contribution in [0.4, 0.5) is 0 Å². The van der Waals surface area contributed by atoms with Crippen LogP contribution in [0.5, 0.6) is 5.75 Å². The molecule has 0 bridgehead atoms. The fourth-order valence-electron chi connectivity index (χ4n) is 2.09. The molecule has 1 aromatic carbocycles. The summed E-state index contributed by atoms with van der Waals surface area (Å²) in [7, 11) is 2.90. The highest BCUT2D eigenvalue weighted by molar-refractivity contribution is 5.75. The summed E-state index contributed by atoms with van der Waals surface area (Å²) in [6.45, 7) is 0. The number of carbonyl (C=O) groups is 1. The van der Waals surface area contributed by atoms with E-state index < -0.39 is 12.0 Å². The van der Waals surface area contributed by atoms with Gasteiger partial charge in [-0.3, -0.25) is 4.79 Å². The molecule has 1 aliphatic carbocycles. The molecule has 2 atom stereocenters. The third kappa shape index (κ3) is 1.65. The Labute approximate surface area is 93.8 Å². The van der Waals surface area contributed by atoms with Crippen LogP contribution in [0.15, 0.2) is 18.2 Å². The second-order valence-corrected chi connectivity index (χ2v) is 3.84. The molecule has 2 unspecified atom stereocenters. The van der Waals surface area contributed by atoms with E-state index in [1.54, 1.807) is 13.2 Å². The van der Waals surface area contributed by atoms with Gasteiger partial charge in [-0.2, -0.15) is 0 Å². The number of benzene rings is 1. The van der Waals surface area contributed by atoms with E-state index in [1.165, 1.54) is 7.11 Å². The molecule has 1 aliphatic rings. The SMILES string of the molecule is COC(=O)C1Cc2ccc(OC)cc2C1O. The molecule has 2 rings (SSSR count). The van der Waals surface area contributed by atoms with Crippen LogP contribution in [0, 0.1) is 5.92 Å². The Hall–Kier alpha value is -1.55. The lowest BCUT2D eigenvalue weighted by molar-refractivity contribution is -0.148. The number of fused-ring (bicyclic) bond motifs is 1. The number of aliphatic hydroxyl groups is 1. The molecule has 16 heavy (non-hydrogen) atoms. The van der Waals surface area contributed by atoms with E-state index in [0.29, 0.717) is 12.2 Å². The summed E-state index contributed by atoms with van der Waals surface area (Å²) >= 11 is 0. The Morgan fingerprint density at radius 1 is 1.44 bits per heavy atom. The molecule has 0 heterocycles. The minimum atomic E-state index is -0.794. The van der Waals surface area contributed by atoms with E-state index in [4.69, 9.17) is 4.74 Å². The summed E-state index contributed by atoms with van der Waals surface area (Å²) in [6.07, 6.45) is -0.273. The number of carbonyl (C=O) groups excluding carboxylic acids is 1. The number of rotatable bonds is 2. The van der Waals surface area contributed by atoms with Gasteiger partial charge in [0.05, 0.1) is 26.2 Å². The van der Waals surface area contributed by atoms with Gasteiger partial charge < -0.3 is 14.6 Å². The van der Waals surface area contributed by atoms with E-state index in [9.17, 15) is 9.90 Å². The van der Waals surface area contributed by atoms with Crippen molar-refractivity contribution in [1.82, 2.24) is 0 Å². The molecule has 86 valence electrons. The van der Waals surface area contributed by atoms with Crippen molar-refractivity contribution in [3.63, 3.8) is 0 Å². The van der Waals surface area contributed by atoms with Gasteiger partial charge in [-0.05, 0) is 29.7 Å². The van der Waals surface area contributed by atoms with Gasteiger partial charge in [0, 0.05) is 0 Å². The zero-order valence-electron chi connectivity index (χ0n) is 9.27. The quantitative estimate of drug-likeness (QED) is 0.760. The minimum Gasteiger partial charge on any atom is -0.497 e. The molecule has 4 heteroatoms.